The predicted octanol–water partition coefficient (Wildman–Crippen LogP) is 1.49. The van der Waals surface area contributed by atoms with E-state index in [2.05, 4.69) is 24.8 Å². The van der Waals surface area contributed by atoms with Gasteiger partial charge in [-0.05, 0) is 18.6 Å². The molecule has 34 heavy (non-hydrogen) atoms. The predicted molar refractivity (Wildman–Crippen MR) is 123 cm³/mol. The smallest absolute Gasteiger partial charge is 0.296 e. The van der Waals surface area contributed by atoms with Crippen LogP contribution in [0.1, 0.15) is 18.7 Å². The van der Waals surface area contributed by atoms with E-state index in [9.17, 15) is 8.78 Å². The highest BCUT2D eigenvalue weighted by Crippen LogP contribution is 2.28. The number of aliphatic hydroxyl groups excluding tert-OH is 1. The maximum Gasteiger partial charge on any atom is 0.296 e. The van der Waals surface area contributed by atoms with Crippen LogP contribution < -0.4 is 9.80 Å². The molecule has 2 aromatic heterocycles. The van der Waals surface area contributed by atoms with Gasteiger partial charge in [-0.2, -0.15) is 15.0 Å². The minimum Gasteiger partial charge on any atom is -0.396 e. The highest BCUT2D eigenvalue weighted by Gasteiger charge is 2.26. The van der Waals surface area contributed by atoms with Crippen LogP contribution in [-0.4, -0.2) is 100 Å². The van der Waals surface area contributed by atoms with E-state index >= 15 is 0 Å². The number of alkyl halides is 2. The van der Waals surface area contributed by atoms with Crippen molar-refractivity contribution >= 4 is 22.9 Å². The van der Waals surface area contributed by atoms with Gasteiger partial charge in [0.1, 0.15) is 0 Å². The second-order valence-electron chi connectivity index (χ2n) is 8.34. The van der Waals surface area contributed by atoms with Crippen molar-refractivity contribution in [2.75, 3.05) is 75.4 Å². The van der Waals surface area contributed by atoms with Gasteiger partial charge in [0, 0.05) is 52.4 Å². The summed E-state index contributed by atoms with van der Waals surface area (Å²) in [7, 11) is 0. The van der Waals surface area contributed by atoms with Crippen molar-refractivity contribution in [1.29, 1.82) is 0 Å². The Bertz CT molecular complexity index is 1110. The highest BCUT2D eigenvalue weighted by atomic mass is 19.3. The lowest BCUT2D eigenvalue weighted by Gasteiger charge is -2.35. The molecule has 182 valence electrons. The summed E-state index contributed by atoms with van der Waals surface area (Å²) >= 11 is 0. The Labute approximate surface area is 195 Å². The highest BCUT2D eigenvalue weighted by molar-refractivity contribution is 5.77. The Kier molecular flexibility index (Phi) is 6.79. The van der Waals surface area contributed by atoms with E-state index in [1.807, 2.05) is 4.90 Å². The number of rotatable bonds is 7. The van der Waals surface area contributed by atoms with Crippen LogP contribution in [0.3, 0.4) is 0 Å². The van der Waals surface area contributed by atoms with E-state index in [0.717, 1.165) is 26.1 Å². The van der Waals surface area contributed by atoms with Crippen molar-refractivity contribution in [1.82, 2.24) is 29.4 Å². The molecule has 4 heterocycles. The van der Waals surface area contributed by atoms with E-state index in [1.54, 1.807) is 24.3 Å². The van der Waals surface area contributed by atoms with Crippen LogP contribution in [0.2, 0.25) is 0 Å². The third-order valence-electron chi connectivity index (χ3n) is 6.16. The van der Waals surface area contributed by atoms with Gasteiger partial charge in [-0.1, -0.05) is 12.1 Å². The number of para-hydroxylation sites is 2. The Hall–Kier alpha value is -2.96. The number of anilines is 2. The average molecular weight is 475 g/mol. The lowest BCUT2D eigenvalue weighted by molar-refractivity contribution is 0.122. The maximum absolute atomic E-state index is 14.0. The molecule has 2 fully saturated rings. The molecule has 0 radical (unpaired) electrons. The van der Waals surface area contributed by atoms with E-state index in [4.69, 9.17) is 14.8 Å². The number of piperazine rings is 1. The van der Waals surface area contributed by atoms with Crippen LogP contribution >= 0.6 is 0 Å². The van der Waals surface area contributed by atoms with Crippen molar-refractivity contribution in [3.8, 4) is 5.95 Å². The van der Waals surface area contributed by atoms with Gasteiger partial charge in [0.25, 0.3) is 6.43 Å². The maximum atomic E-state index is 14.0. The van der Waals surface area contributed by atoms with Crippen LogP contribution in [0.4, 0.5) is 20.7 Å². The fourth-order valence-corrected chi connectivity index (χ4v) is 4.36. The second-order valence-corrected chi connectivity index (χ2v) is 8.34. The van der Waals surface area contributed by atoms with Crippen LogP contribution in [-0.2, 0) is 4.74 Å². The first-order chi connectivity index (χ1) is 16.6. The summed E-state index contributed by atoms with van der Waals surface area (Å²) in [6.07, 6.45) is -2.05. The minimum atomic E-state index is -2.78. The van der Waals surface area contributed by atoms with Crippen LogP contribution in [0.5, 0.6) is 0 Å². The Morgan fingerprint density at radius 3 is 2.18 bits per heavy atom. The van der Waals surface area contributed by atoms with Crippen molar-refractivity contribution in [2.45, 2.75) is 12.8 Å². The number of imidazole rings is 1. The standard InChI is InChI=1S/C22H28F2N8O2/c23-18(24)19-25-16-4-1-2-5-17(16)32(19)22-27-20(26-21(28-22)31-11-14-34-15-12-31)30-9-7-29(8-10-30)6-3-13-33/h1-2,4-5,18,33H,3,6-15H2. The van der Waals surface area contributed by atoms with Gasteiger partial charge in [0.05, 0.1) is 24.2 Å². The zero-order valence-corrected chi connectivity index (χ0v) is 18.9. The third-order valence-corrected chi connectivity index (χ3v) is 6.16. The Morgan fingerprint density at radius 1 is 0.853 bits per heavy atom. The first-order valence-corrected chi connectivity index (χ1v) is 11.6. The van der Waals surface area contributed by atoms with Gasteiger partial charge in [0.2, 0.25) is 17.8 Å². The Morgan fingerprint density at radius 2 is 1.50 bits per heavy atom. The van der Waals surface area contributed by atoms with Crippen molar-refractivity contribution < 1.29 is 18.6 Å². The van der Waals surface area contributed by atoms with Crippen molar-refractivity contribution in [3.63, 3.8) is 0 Å². The molecule has 2 aliphatic rings. The number of halogens is 2. The molecule has 3 aromatic rings. The van der Waals surface area contributed by atoms with Gasteiger partial charge in [-0.25, -0.2) is 13.8 Å². The molecule has 1 N–H and O–H groups in total. The topological polar surface area (TPSA) is 95.7 Å². The van der Waals surface area contributed by atoms with Gasteiger partial charge in [-0.3, -0.25) is 9.47 Å². The fourth-order valence-electron chi connectivity index (χ4n) is 4.36. The molecule has 0 atom stereocenters. The molecule has 12 heteroatoms. The van der Waals surface area contributed by atoms with Crippen molar-refractivity contribution in [3.05, 3.63) is 30.1 Å². The number of hydrogen-bond donors (Lipinski definition) is 1. The van der Waals surface area contributed by atoms with Gasteiger partial charge in [-0.15, -0.1) is 0 Å². The first-order valence-electron chi connectivity index (χ1n) is 11.6. The van der Waals surface area contributed by atoms with E-state index in [-0.39, 0.29) is 18.4 Å². The zero-order valence-electron chi connectivity index (χ0n) is 18.9. The lowest BCUT2D eigenvalue weighted by Crippen LogP contribution is -2.47. The lowest BCUT2D eigenvalue weighted by atomic mass is 10.3. The summed E-state index contributed by atoms with van der Waals surface area (Å²) < 4.78 is 34.8. The molecule has 0 aliphatic carbocycles. The number of hydrogen-bond acceptors (Lipinski definition) is 9. The molecule has 2 aliphatic heterocycles. The monoisotopic (exact) mass is 474 g/mol. The van der Waals surface area contributed by atoms with Gasteiger partial charge in [0.15, 0.2) is 5.82 Å². The van der Waals surface area contributed by atoms with Crippen LogP contribution in [0, 0.1) is 0 Å². The minimum absolute atomic E-state index is 0.137. The number of morpholine rings is 1. The van der Waals surface area contributed by atoms with Gasteiger partial charge >= 0.3 is 0 Å². The number of ether oxygens (including phenoxy) is 1. The zero-order chi connectivity index (χ0) is 23.5. The summed E-state index contributed by atoms with van der Waals surface area (Å²) in [6, 6.07) is 7.00. The van der Waals surface area contributed by atoms with Crippen LogP contribution in [0.25, 0.3) is 17.0 Å². The molecular weight excluding hydrogens is 446 g/mol. The molecule has 0 spiro atoms. The molecular formula is C22H28F2N8O2. The molecule has 5 rings (SSSR count). The molecule has 0 unspecified atom stereocenters. The summed E-state index contributed by atoms with van der Waals surface area (Å²) in [5, 5.41) is 9.10. The number of aliphatic hydroxyl groups is 1. The SMILES string of the molecule is OCCCN1CCN(c2nc(N3CCOCC3)nc(-n3c(C(F)F)nc4ccccc43)n2)CC1. The second kappa shape index (κ2) is 10.1. The summed E-state index contributed by atoms with van der Waals surface area (Å²) in [4.78, 5) is 24.5. The fraction of sp³-hybridized carbons (Fsp3) is 0.545. The number of fused-ring (bicyclic) bond motifs is 1. The molecule has 10 nitrogen and oxygen atoms in total. The number of nitrogens with zero attached hydrogens (tertiary/aromatic N) is 8. The summed E-state index contributed by atoms with van der Waals surface area (Å²) in [5.41, 5.74) is 0.988. The summed E-state index contributed by atoms with van der Waals surface area (Å²) in [6.45, 7) is 6.36. The van der Waals surface area contributed by atoms with E-state index in [0.29, 0.717) is 62.3 Å². The summed E-state index contributed by atoms with van der Waals surface area (Å²) in [5.74, 6) is 0.661. The normalized spacial score (nSPS) is 17.8. The number of benzene rings is 1. The largest absolute Gasteiger partial charge is 0.396 e. The molecule has 0 saturated carbocycles. The number of aromatic nitrogens is 5. The van der Waals surface area contributed by atoms with Gasteiger partial charge < -0.3 is 19.6 Å². The quantitative estimate of drug-likeness (QED) is 0.546. The van der Waals surface area contributed by atoms with Crippen molar-refractivity contribution in [2.24, 2.45) is 0 Å². The Balaban J connectivity index is 1.54. The molecule has 1 aromatic carbocycles. The van der Waals surface area contributed by atoms with E-state index < -0.39 is 6.43 Å². The van der Waals surface area contributed by atoms with E-state index in [1.165, 1.54) is 4.57 Å². The molecule has 2 saturated heterocycles. The molecule has 0 amide bonds. The molecule has 0 bridgehead atoms. The third kappa shape index (κ3) is 4.65. The van der Waals surface area contributed by atoms with Crippen LogP contribution in [0.15, 0.2) is 24.3 Å². The average Bonchev–Trinajstić information content (AvgIpc) is 3.28. The first kappa shape index (κ1) is 22.8.